The molecule has 2 heterocycles. The maximum absolute atomic E-state index is 12.7. The van der Waals surface area contributed by atoms with Crippen molar-refractivity contribution in [3.63, 3.8) is 0 Å². The number of carbonyl (C=O) groups is 2. The standard InChI is InChI=1S/C20H21N3O3S2/c1-3-4-10-23-19(26)18-16(9-11-27-18)22-20(23)28-12-17(25)21-15-7-5-14(6-8-15)13(2)24/h5-9,11H,3-4,10,12H2,1-2H3,(H,21,25). The molecule has 3 aromatic rings. The van der Waals surface area contributed by atoms with Gasteiger partial charge in [0.25, 0.3) is 5.56 Å². The Kier molecular flexibility index (Phi) is 6.64. The van der Waals surface area contributed by atoms with E-state index in [0.717, 1.165) is 12.8 Å². The van der Waals surface area contributed by atoms with Crippen molar-refractivity contribution in [3.8, 4) is 0 Å². The van der Waals surface area contributed by atoms with Crippen LogP contribution in [0.4, 0.5) is 5.69 Å². The second-order valence-electron chi connectivity index (χ2n) is 6.31. The molecule has 8 heteroatoms. The van der Waals surface area contributed by atoms with Crippen LogP contribution in [0.3, 0.4) is 0 Å². The predicted molar refractivity (Wildman–Crippen MR) is 115 cm³/mol. The van der Waals surface area contributed by atoms with Crippen molar-refractivity contribution in [1.29, 1.82) is 0 Å². The summed E-state index contributed by atoms with van der Waals surface area (Å²) in [6.45, 7) is 4.16. The van der Waals surface area contributed by atoms with E-state index < -0.39 is 0 Å². The Morgan fingerprint density at radius 1 is 1.21 bits per heavy atom. The zero-order chi connectivity index (χ0) is 20.1. The quantitative estimate of drug-likeness (QED) is 0.339. The van der Waals surface area contributed by atoms with Crippen LogP contribution in [0.2, 0.25) is 0 Å². The minimum atomic E-state index is -0.192. The molecule has 0 fully saturated rings. The van der Waals surface area contributed by atoms with E-state index in [-0.39, 0.29) is 23.0 Å². The average molecular weight is 416 g/mol. The van der Waals surface area contributed by atoms with Crippen LogP contribution in [-0.2, 0) is 11.3 Å². The minimum absolute atomic E-state index is 0.0200. The molecule has 0 aliphatic heterocycles. The van der Waals surface area contributed by atoms with Gasteiger partial charge in [0.2, 0.25) is 5.91 Å². The fourth-order valence-corrected chi connectivity index (χ4v) is 4.27. The lowest BCUT2D eigenvalue weighted by atomic mass is 10.1. The van der Waals surface area contributed by atoms with E-state index in [9.17, 15) is 14.4 Å². The number of hydrogen-bond acceptors (Lipinski definition) is 6. The summed E-state index contributed by atoms with van der Waals surface area (Å²) in [6, 6.07) is 8.59. The largest absolute Gasteiger partial charge is 0.325 e. The van der Waals surface area contributed by atoms with Crippen molar-refractivity contribution < 1.29 is 9.59 Å². The van der Waals surface area contributed by atoms with Crippen LogP contribution in [-0.4, -0.2) is 27.0 Å². The van der Waals surface area contributed by atoms with Crippen LogP contribution in [0.1, 0.15) is 37.0 Å². The lowest BCUT2D eigenvalue weighted by Gasteiger charge is -2.11. The zero-order valence-electron chi connectivity index (χ0n) is 15.7. The fraction of sp³-hybridized carbons (Fsp3) is 0.300. The third kappa shape index (κ3) is 4.69. The number of hydrogen-bond donors (Lipinski definition) is 1. The van der Waals surface area contributed by atoms with Crippen LogP contribution in [0.25, 0.3) is 10.2 Å². The van der Waals surface area contributed by atoms with Gasteiger partial charge in [-0.25, -0.2) is 4.98 Å². The van der Waals surface area contributed by atoms with Crippen molar-refractivity contribution >= 4 is 50.7 Å². The maximum Gasteiger partial charge on any atom is 0.272 e. The summed E-state index contributed by atoms with van der Waals surface area (Å²) >= 11 is 2.65. The van der Waals surface area contributed by atoms with Gasteiger partial charge in [-0.3, -0.25) is 19.0 Å². The summed E-state index contributed by atoms with van der Waals surface area (Å²) in [7, 11) is 0. The Morgan fingerprint density at radius 2 is 1.96 bits per heavy atom. The SMILES string of the molecule is CCCCn1c(SCC(=O)Nc2ccc(C(C)=O)cc2)nc2ccsc2c1=O. The number of carbonyl (C=O) groups excluding carboxylic acids is 2. The molecule has 0 aliphatic rings. The lowest BCUT2D eigenvalue weighted by Crippen LogP contribution is -2.23. The smallest absolute Gasteiger partial charge is 0.272 e. The number of nitrogens with zero attached hydrogens (tertiary/aromatic N) is 2. The predicted octanol–water partition coefficient (Wildman–Crippen LogP) is 4.19. The van der Waals surface area contributed by atoms with Crippen molar-refractivity contribution in [2.45, 2.75) is 38.4 Å². The van der Waals surface area contributed by atoms with Crippen LogP contribution >= 0.6 is 23.1 Å². The minimum Gasteiger partial charge on any atom is -0.325 e. The molecule has 1 amide bonds. The number of fused-ring (bicyclic) bond motifs is 1. The molecule has 1 N–H and O–H groups in total. The molecule has 0 bridgehead atoms. The molecule has 0 atom stereocenters. The Balaban J connectivity index is 1.72. The van der Waals surface area contributed by atoms with Crippen LogP contribution in [0.5, 0.6) is 0 Å². The molecule has 2 aromatic heterocycles. The van der Waals surface area contributed by atoms with Gasteiger partial charge in [-0.2, -0.15) is 0 Å². The van der Waals surface area contributed by atoms with Crippen molar-refractivity contribution in [3.05, 3.63) is 51.6 Å². The molecule has 28 heavy (non-hydrogen) atoms. The molecule has 0 aliphatic carbocycles. The molecule has 146 valence electrons. The topological polar surface area (TPSA) is 81.1 Å². The van der Waals surface area contributed by atoms with Crippen molar-refractivity contribution in [2.24, 2.45) is 0 Å². The van der Waals surface area contributed by atoms with Gasteiger partial charge in [-0.05, 0) is 49.1 Å². The van der Waals surface area contributed by atoms with Gasteiger partial charge in [0, 0.05) is 17.8 Å². The fourth-order valence-electron chi connectivity index (χ4n) is 2.66. The number of aromatic nitrogens is 2. The second kappa shape index (κ2) is 9.16. The summed E-state index contributed by atoms with van der Waals surface area (Å²) in [5, 5.41) is 5.22. The lowest BCUT2D eigenvalue weighted by molar-refractivity contribution is -0.113. The highest BCUT2D eigenvalue weighted by molar-refractivity contribution is 7.99. The van der Waals surface area contributed by atoms with E-state index in [2.05, 4.69) is 17.2 Å². The first-order valence-electron chi connectivity index (χ1n) is 9.01. The summed E-state index contributed by atoms with van der Waals surface area (Å²) in [5.41, 5.74) is 1.85. The molecule has 0 unspecified atom stereocenters. The summed E-state index contributed by atoms with van der Waals surface area (Å²) in [6.07, 6.45) is 1.84. The van der Waals surface area contributed by atoms with Gasteiger partial charge in [-0.1, -0.05) is 25.1 Å². The molecule has 3 rings (SSSR count). The molecular weight excluding hydrogens is 394 g/mol. The van der Waals surface area contributed by atoms with E-state index in [1.54, 1.807) is 28.8 Å². The Bertz CT molecular complexity index is 1050. The average Bonchev–Trinajstić information content (AvgIpc) is 3.15. The van der Waals surface area contributed by atoms with Crippen molar-refractivity contribution in [1.82, 2.24) is 9.55 Å². The number of amides is 1. The van der Waals surface area contributed by atoms with Gasteiger partial charge in [-0.15, -0.1) is 11.3 Å². The molecule has 1 aromatic carbocycles. The van der Waals surface area contributed by atoms with Gasteiger partial charge in [0.15, 0.2) is 10.9 Å². The Hall–Kier alpha value is -2.45. The van der Waals surface area contributed by atoms with Crippen LogP contribution in [0, 0.1) is 0 Å². The van der Waals surface area contributed by atoms with E-state index >= 15 is 0 Å². The molecule has 0 spiro atoms. The highest BCUT2D eigenvalue weighted by Gasteiger charge is 2.14. The summed E-state index contributed by atoms with van der Waals surface area (Å²) in [5.74, 6) is -0.0708. The number of rotatable bonds is 8. The van der Waals surface area contributed by atoms with Crippen LogP contribution < -0.4 is 10.9 Å². The number of unbranched alkanes of at least 4 members (excludes halogenated alkanes) is 1. The first-order chi connectivity index (χ1) is 13.5. The molecule has 0 saturated carbocycles. The molecular formula is C20H21N3O3S2. The monoisotopic (exact) mass is 415 g/mol. The highest BCUT2D eigenvalue weighted by Crippen LogP contribution is 2.21. The second-order valence-corrected chi connectivity index (χ2v) is 8.17. The Labute approximate surface area is 171 Å². The summed E-state index contributed by atoms with van der Waals surface area (Å²) in [4.78, 5) is 40.9. The van der Waals surface area contributed by atoms with Gasteiger partial charge in [0.05, 0.1) is 11.3 Å². The third-order valence-electron chi connectivity index (χ3n) is 4.17. The Morgan fingerprint density at radius 3 is 2.64 bits per heavy atom. The first-order valence-corrected chi connectivity index (χ1v) is 10.9. The zero-order valence-corrected chi connectivity index (χ0v) is 17.4. The number of thioether (sulfide) groups is 1. The van der Waals surface area contributed by atoms with Gasteiger partial charge >= 0.3 is 0 Å². The first kappa shape index (κ1) is 20.3. The van der Waals surface area contributed by atoms with Crippen molar-refractivity contribution in [2.75, 3.05) is 11.1 Å². The third-order valence-corrected chi connectivity index (χ3v) is 6.04. The molecule has 0 saturated heterocycles. The number of ketones is 1. The van der Waals surface area contributed by atoms with E-state index in [0.29, 0.717) is 33.2 Å². The molecule has 0 radical (unpaired) electrons. The number of thiophene rings is 1. The van der Waals surface area contributed by atoms with Gasteiger partial charge < -0.3 is 5.32 Å². The molecule has 6 nitrogen and oxygen atoms in total. The summed E-state index contributed by atoms with van der Waals surface area (Å²) < 4.78 is 2.32. The number of anilines is 1. The van der Waals surface area contributed by atoms with E-state index in [1.807, 2.05) is 11.4 Å². The maximum atomic E-state index is 12.7. The number of benzene rings is 1. The van der Waals surface area contributed by atoms with E-state index in [4.69, 9.17) is 0 Å². The normalized spacial score (nSPS) is 10.9. The number of Topliss-reactive ketones (excluding diaryl/α,β-unsaturated/α-hetero) is 1. The van der Waals surface area contributed by atoms with Gasteiger partial charge in [0.1, 0.15) is 4.70 Å². The van der Waals surface area contributed by atoms with E-state index in [1.165, 1.54) is 30.0 Å². The van der Waals surface area contributed by atoms with Crippen LogP contribution in [0.15, 0.2) is 45.7 Å². The number of nitrogens with one attached hydrogen (secondary N) is 1. The highest BCUT2D eigenvalue weighted by atomic mass is 32.2.